The molecule has 1 aliphatic carbocycles. The average molecular weight is 411 g/mol. The second kappa shape index (κ2) is 7.48. The first-order valence-electron chi connectivity index (χ1n) is 9.02. The Morgan fingerprint density at radius 3 is 2.65 bits per heavy atom. The molecule has 8 heteroatoms. The second-order valence-corrected chi connectivity index (χ2v) is 11.5. The molecular weight excluding hydrogens is 388 g/mol. The van der Waals surface area contributed by atoms with Crippen LogP contribution in [0.2, 0.25) is 0 Å². The summed E-state index contributed by atoms with van der Waals surface area (Å²) >= 11 is 3.07. The molecule has 1 amide bonds. The number of carbonyl (C=O) groups excluding carboxylic acids is 1. The van der Waals surface area contributed by atoms with Crippen molar-refractivity contribution in [3.8, 4) is 0 Å². The minimum atomic E-state index is -3.00. The number of para-hydroxylation sites is 1. The topological polar surface area (TPSA) is 67.3 Å². The number of aromatic nitrogens is 1. The molecule has 4 rings (SSSR count). The third kappa shape index (κ3) is 3.92. The molecule has 2 aliphatic rings. The van der Waals surface area contributed by atoms with Crippen LogP contribution in [0.4, 0.5) is 0 Å². The highest BCUT2D eigenvalue weighted by Crippen LogP contribution is 2.32. The second-order valence-electron chi connectivity index (χ2n) is 7.03. The summed E-state index contributed by atoms with van der Waals surface area (Å²) in [5, 5.41) is 0. The maximum absolute atomic E-state index is 13.0. The first-order valence-corrected chi connectivity index (χ1v) is 12.6. The molecule has 1 aromatic carbocycles. The fourth-order valence-corrected chi connectivity index (χ4v) is 7.64. The van der Waals surface area contributed by atoms with Crippen LogP contribution in [0.15, 0.2) is 28.6 Å². The molecule has 0 radical (unpaired) electrons. The summed E-state index contributed by atoms with van der Waals surface area (Å²) in [7, 11) is -3.00. The van der Waals surface area contributed by atoms with Gasteiger partial charge in [0, 0.05) is 12.1 Å². The van der Waals surface area contributed by atoms with Crippen molar-refractivity contribution in [3.05, 3.63) is 24.3 Å². The lowest BCUT2D eigenvalue weighted by Gasteiger charge is -2.34. The smallest absolute Gasteiger partial charge is 0.233 e. The van der Waals surface area contributed by atoms with E-state index in [1.165, 1.54) is 11.8 Å². The summed E-state index contributed by atoms with van der Waals surface area (Å²) in [6.45, 7) is 0. The molecule has 1 aliphatic heterocycles. The van der Waals surface area contributed by atoms with Crippen LogP contribution in [0.1, 0.15) is 32.1 Å². The first kappa shape index (κ1) is 18.3. The molecule has 1 saturated heterocycles. The highest BCUT2D eigenvalue weighted by Gasteiger charge is 2.38. The molecule has 1 atom stereocenters. The third-order valence-corrected chi connectivity index (χ3v) is 9.12. The van der Waals surface area contributed by atoms with Crippen molar-refractivity contribution in [2.24, 2.45) is 0 Å². The van der Waals surface area contributed by atoms with Gasteiger partial charge in [0.25, 0.3) is 0 Å². The van der Waals surface area contributed by atoms with E-state index in [2.05, 4.69) is 4.98 Å². The van der Waals surface area contributed by atoms with E-state index in [1.54, 1.807) is 11.3 Å². The maximum atomic E-state index is 13.0. The Morgan fingerprint density at radius 2 is 1.96 bits per heavy atom. The van der Waals surface area contributed by atoms with Crippen molar-refractivity contribution in [2.45, 2.75) is 48.5 Å². The number of hydrogen-bond acceptors (Lipinski definition) is 6. The van der Waals surface area contributed by atoms with Gasteiger partial charge in [-0.05, 0) is 31.4 Å². The number of amides is 1. The van der Waals surface area contributed by atoms with Gasteiger partial charge in [-0.25, -0.2) is 13.4 Å². The molecule has 26 heavy (non-hydrogen) atoms. The zero-order valence-corrected chi connectivity index (χ0v) is 16.9. The van der Waals surface area contributed by atoms with Crippen LogP contribution in [0.3, 0.4) is 0 Å². The number of carbonyl (C=O) groups is 1. The van der Waals surface area contributed by atoms with Crippen molar-refractivity contribution in [3.63, 3.8) is 0 Å². The molecule has 2 heterocycles. The van der Waals surface area contributed by atoms with Crippen molar-refractivity contribution in [2.75, 3.05) is 17.3 Å². The van der Waals surface area contributed by atoms with Gasteiger partial charge in [-0.3, -0.25) is 4.79 Å². The Kier molecular flexibility index (Phi) is 5.25. The van der Waals surface area contributed by atoms with Crippen LogP contribution in [0, 0.1) is 0 Å². The van der Waals surface area contributed by atoms with Gasteiger partial charge < -0.3 is 4.90 Å². The van der Waals surface area contributed by atoms with Crippen LogP contribution in [0.25, 0.3) is 10.2 Å². The summed E-state index contributed by atoms with van der Waals surface area (Å²) in [5.41, 5.74) is 0.960. The Morgan fingerprint density at radius 1 is 1.19 bits per heavy atom. The fraction of sp³-hybridized carbons (Fsp3) is 0.556. The number of thioether (sulfide) groups is 1. The van der Waals surface area contributed by atoms with E-state index >= 15 is 0 Å². The van der Waals surface area contributed by atoms with Crippen LogP contribution in [-0.4, -0.2) is 53.6 Å². The average Bonchev–Trinajstić information content (AvgIpc) is 3.33. The van der Waals surface area contributed by atoms with Gasteiger partial charge in [-0.2, -0.15) is 0 Å². The zero-order chi connectivity index (χ0) is 18.1. The van der Waals surface area contributed by atoms with Crippen LogP contribution >= 0.6 is 23.1 Å². The summed E-state index contributed by atoms with van der Waals surface area (Å²) in [4.78, 5) is 19.5. The highest BCUT2D eigenvalue weighted by atomic mass is 32.2. The number of benzene rings is 1. The number of thiazole rings is 1. The lowest BCUT2D eigenvalue weighted by Crippen LogP contribution is -2.47. The Hall–Kier alpha value is -1.12. The SMILES string of the molecule is O=C(CSc1nc2ccccc2s1)N(C1CCCC1)C1CCS(=O)(=O)C1. The molecular formula is C18H22N2O3S3. The predicted octanol–water partition coefficient (Wildman–Crippen LogP) is 3.35. The minimum absolute atomic E-state index is 0.0586. The molecule has 1 saturated carbocycles. The quantitative estimate of drug-likeness (QED) is 0.707. The molecule has 2 aromatic rings. The Labute approximate surface area is 162 Å². The van der Waals surface area contributed by atoms with Gasteiger partial charge in [0.05, 0.1) is 27.5 Å². The van der Waals surface area contributed by atoms with Crippen LogP contribution in [0.5, 0.6) is 0 Å². The molecule has 0 bridgehead atoms. The Balaban J connectivity index is 1.47. The number of nitrogens with zero attached hydrogens (tertiary/aromatic N) is 2. The lowest BCUT2D eigenvalue weighted by atomic mass is 10.1. The Bertz CT molecular complexity index is 870. The third-order valence-electron chi connectivity index (χ3n) is 5.20. The molecule has 1 aromatic heterocycles. The molecule has 0 spiro atoms. The molecule has 0 N–H and O–H groups in total. The van der Waals surface area contributed by atoms with Gasteiger partial charge in [-0.15, -0.1) is 11.3 Å². The van der Waals surface area contributed by atoms with E-state index < -0.39 is 9.84 Å². The number of rotatable bonds is 5. The highest BCUT2D eigenvalue weighted by molar-refractivity contribution is 8.01. The summed E-state index contributed by atoms with van der Waals surface area (Å²) in [6, 6.07) is 8.02. The van der Waals surface area contributed by atoms with Crippen LogP contribution in [-0.2, 0) is 14.6 Å². The van der Waals surface area contributed by atoms with E-state index in [-0.39, 0.29) is 29.5 Å². The van der Waals surface area contributed by atoms with Gasteiger partial charge >= 0.3 is 0 Å². The van der Waals surface area contributed by atoms with Crippen LogP contribution < -0.4 is 0 Å². The largest absolute Gasteiger partial charge is 0.335 e. The summed E-state index contributed by atoms with van der Waals surface area (Å²) in [6.07, 6.45) is 4.82. The molecule has 2 fully saturated rings. The van der Waals surface area contributed by atoms with E-state index in [1.807, 2.05) is 29.2 Å². The lowest BCUT2D eigenvalue weighted by molar-refractivity contribution is -0.132. The number of sulfone groups is 1. The van der Waals surface area contributed by atoms with E-state index in [0.29, 0.717) is 12.2 Å². The van der Waals surface area contributed by atoms with Crippen molar-refractivity contribution in [1.82, 2.24) is 9.88 Å². The van der Waals surface area contributed by atoms with Gasteiger partial charge in [0.15, 0.2) is 14.2 Å². The van der Waals surface area contributed by atoms with E-state index in [0.717, 1.165) is 40.2 Å². The standard InChI is InChI=1S/C18H22N2O3S3/c21-17(11-24-18-19-15-7-3-4-8-16(15)25-18)20(13-5-1-2-6-13)14-9-10-26(22,23)12-14/h3-4,7-8,13-14H,1-2,5-6,9-12H2. The van der Waals surface area contributed by atoms with Crippen molar-refractivity contribution in [1.29, 1.82) is 0 Å². The maximum Gasteiger partial charge on any atom is 0.233 e. The molecule has 140 valence electrons. The van der Waals surface area contributed by atoms with Gasteiger partial charge in [0.2, 0.25) is 5.91 Å². The first-order chi connectivity index (χ1) is 12.5. The minimum Gasteiger partial charge on any atom is -0.335 e. The van der Waals surface area contributed by atoms with Gasteiger partial charge in [-0.1, -0.05) is 36.7 Å². The molecule has 5 nitrogen and oxygen atoms in total. The van der Waals surface area contributed by atoms with E-state index in [9.17, 15) is 13.2 Å². The van der Waals surface area contributed by atoms with Crippen molar-refractivity contribution < 1.29 is 13.2 Å². The number of fused-ring (bicyclic) bond motifs is 1. The summed E-state index contributed by atoms with van der Waals surface area (Å²) in [5.74, 6) is 0.718. The van der Waals surface area contributed by atoms with Gasteiger partial charge in [0.1, 0.15) is 0 Å². The van der Waals surface area contributed by atoms with Crippen molar-refractivity contribution >= 4 is 49.1 Å². The summed E-state index contributed by atoms with van der Waals surface area (Å²) < 4.78 is 25.8. The predicted molar refractivity (Wildman–Crippen MR) is 107 cm³/mol. The fourth-order valence-electron chi connectivity index (χ4n) is 3.99. The van der Waals surface area contributed by atoms with E-state index in [4.69, 9.17) is 0 Å². The monoisotopic (exact) mass is 410 g/mol. The molecule has 1 unspecified atom stereocenters. The zero-order valence-electron chi connectivity index (χ0n) is 14.5. The normalized spacial score (nSPS) is 22.8. The number of hydrogen-bond donors (Lipinski definition) is 0.